The summed E-state index contributed by atoms with van der Waals surface area (Å²) < 4.78 is 11.3. The highest BCUT2D eigenvalue weighted by molar-refractivity contribution is 14.0. The molecule has 0 saturated heterocycles. The summed E-state index contributed by atoms with van der Waals surface area (Å²) in [4.78, 5) is 6.62. The van der Waals surface area contributed by atoms with Crippen molar-refractivity contribution in [3.05, 3.63) is 23.8 Å². The molecule has 0 saturated carbocycles. The fraction of sp³-hybridized carbons (Fsp3) is 0.562. The third-order valence-corrected chi connectivity index (χ3v) is 4.07. The third-order valence-electron chi connectivity index (χ3n) is 4.07. The van der Waals surface area contributed by atoms with E-state index in [2.05, 4.69) is 48.2 Å². The van der Waals surface area contributed by atoms with Gasteiger partial charge in [0.15, 0.2) is 17.5 Å². The summed E-state index contributed by atoms with van der Waals surface area (Å²) in [7, 11) is 2.07. The number of fused-ring (bicyclic) bond motifs is 1. The molecular formula is C16H24IN3O2. The lowest BCUT2D eigenvalue weighted by atomic mass is 9.84. The van der Waals surface area contributed by atoms with Gasteiger partial charge in [-0.15, -0.1) is 24.0 Å². The summed E-state index contributed by atoms with van der Waals surface area (Å²) in [6, 6.07) is 6.22. The second-order valence-electron chi connectivity index (χ2n) is 6.22. The normalized spacial score (nSPS) is 16.9. The average molecular weight is 417 g/mol. The van der Waals surface area contributed by atoms with Gasteiger partial charge in [-0.05, 0) is 17.7 Å². The maximum atomic E-state index is 5.68. The van der Waals surface area contributed by atoms with E-state index < -0.39 is 0 Å². The van der Waals surface area contributed by atoms with Crippen LogP contribution in [0.15, 0.2) is 23.2 Å². The van der Waals surface area contributed by atoms with Crippen LogP contribution in [0.1, 0.15) is 19.4 Å². The van der Waals surface area contributed by atoms with E-state index in [1.807, 2.05) is 6.07 Å². The smallest absolute Gasteiger partial charge is 0.193 e. The Morgan fingerprint density at radius 1 is 1.23 bits per heavy atom. The molecule has 0 unspecified atom stereocenters. The van der Waals surface area contributed by atoms with E-state index in [4.69, 9.17) is 9.47 Å². The topological polar surface area (TPSA) is 46.1 Å². The van der Waals surface area contributed by atoms with Crippen molar-refractivity contribution in [2.45, 2.75) is 19.3 Å². The van der Waals surface area contributed by atoms with Gasteiger partial charge < -0.3 is 19.7 Å². The molecule has 1 aromatic carbocycles. The summed E-state index contributed by atoms with van der Waals surface area (Å²) in [6.07, 6.45) is 0. The Morgan fingerprint density at radius 3 is 2.64 bits per heavy atom. The summed E-state index contributed by atoms with van der Waals surface area (Å²) in [5.74, 6) is 2.68. The van der Waals surface area contributed by atoms with Gasteiger partial charge in [0.25, 0.3) is 0 Å². The maximum Gasteiger partial charge on any atom is 0.193 e. The summed E-state index contributed by atoms with van der Waals surface area (Å²) in [6.45, 7) is 8.40. The number of likely N-dealkylation sites (N-methyl/N-ethyl adjacent to an activating group) is 1. The standard InChI is InChI=1S/C16H23N3O2.HI/c1-16(2,11-18-15-17-6-7-19(15)3)12-4-5-13-14(10-12)21-9-8-20-13;/h4-5,10H,6-9,11H2,1-3H3,(H,17,18);1H. The molecular weight excluding hydrogens is 393 g/mol. The van der Waals surface area contributed by atoms with Crippen LogP contribution in [0.25, 0.3) is 0 Å². The highest BCUT2D eigenvalue weighted by Gasteiger charge is 2.25. The highest BCUT2D eigenvalue weighted by atomic mass is 127. The molecule has 6 heteroatoms. The van der Waals surface area contributed by atoms with Gasteiger partial charge in [-0.2, -0.15) is 0 Å². The second-order valence-corrected chi connectivity index (χ2v) is 6.22. The minimum absolute atomic E-state index is 0. The molecule has 0 bridgehead atoms. The molecule has 2 aliphatic rings. The molecule has 1 aromatic rings. The molecule has 3 rings (SSSR count). The number of ether oxygens (including phenoxy) is 2. The average Bonchev–Trinajstić information content (AvgIpc) is 2.90. The van der Waals surface area contributed by atoms with Gasteiger partial charge in [-0.1, -0.05) is 19.9 Å². The molecule has 0 spiro atoms. The monoisotopic (exact) mass is 417 g/mol. The van der Waals surface area contributed by atoms with Crippen molar-refractivity contribution in [3.63, 3.8) is 0 Å². The minimum Gasteiger partial charge on any atom is -0.486 e. The van der Waals surface area contributed by atoms with E-state index in [1.54, 1.807) is 0 Å². The minimum atomic E-state index is -0.0121. The van der Waals surface area contributed by atoms with Gasteiger partial charge in [0, 0.05) is 25.6 Å². The number of nitrogens with zero attached hydrogens (tertiary/aromatic N) is 2. The van der Waals surface area contributed by atoms with Crippen LogP contribution in [0.2, 0.25) is 0 Å². The quantitative estimate of drug-likeness (QED) is 0.767. The van der Waals surface area contributed by atoms with Crippen LogP contribution in [-0.2, 0) is 5.41 Å². The Kier molecular flexibility index (Phi) is 5.41. The van der Waals surface area contributed by atoms with Crippen molar-refractivity contribution in [3.8, 4) is 11.5 Å². The number of hydrogen-bond acceptors (Lipinski definition) is 5. The zero-order valence-electron chi connectivity index (χ0n) is 13.4. The predicted molar refractivity (Wildman–Crippen MR) is 98.8 cm³/mol. The number of guanidine groups is 1. The number of rotatable bonds is 3. The Bertz CT molecular complexity index is 560. The molecule has 2 aliphatic heterocycles. The molecule has 0 amide bonds. The van der Waals surface area contributed by atoms with Gasteiger partial charge >= 0.3 is 0 Å². The van der Waals surface area contributed by atoms with Crippen molar-refractivity contribution >= 4 is 29.9 Å². The molecule has 0 atom stereocenters. The van der Waals surface area contributed by atoms with Crippen LogP contribution < -0.4 is 14.8 Å². The van der Waals surface area contributed by atoms with Gasteiger partial charge in [0.2, 0.25) is 0 Å². The Morgan fingerprint density at radius 2 is 1.95 bits per heavy atom. The Labute approximate surface area is 149 Å². The molecule has 2 heterocycles. The number of benzene rings is 1. The van der Waals surface area contributed by atoms with Crippen LogP contribution in [-0.4, -0.2) is 50.8 Å². The molecule has 22 heavy (non-hydrogen) atoms. The molecule has 122 valence electrons. The van der Waals surface area contributed by atoms with E-state index in [0.717, 1.165) is 37.1 Å². The van der Waals surface area contributed by atoms with Gasteiger partial charge in [-0.25, -0.2) is 0 Å². The molecule has 1 N–H and O–H groups in total. The lowest BCUT2D eigenvalue weighted by Crippen LogP contribution is -2.42. The van der Waals surface area contributed by atoms with E-state index in [9.17, 15) is 0 Å². The number of halogens is 1. The first-order valence-electron chi connectivity index (χ1n) is 7.46. The lowest BCUT2D eigenvalue weighted by molar-refractivity contribution is 0.171. The number of aliphatic imine (C=N–C) groups is 1. The van der Waals surface area contributed by atoms with Crippen molar-refractivity contribution in [2.75, 3.05) is 39.9 Å². The van der Waals surface area contributed by atoms with Crippen LogP contribution in [0.5, 0.6) is 11.5 Å². The first-order chi connectivity index (χ1) is 10.1. The van der Waals surface area contributed by atoms with E-state index in [1.165, 1.54) is 5.56 Å². The molecule has 0 aliphatic carbocycles. The van der Waals surface area contributed by atoms with Crippen LogP contribution in [0, 0.1) is 0 Å². The fourth-order valence-corrected chi connectivity index (χ4v) is 2.59. The maximum absolute atomic E-state index is 5.68. The van der Waals surface area contributed by atoms with Crippen molar-refractivity contribution in [1.82, 2.24) is 10.2 Å². The van der Waals surface area contributed by atoms with E-state index in [0.29, 0.717) is 13.2 Å². The zero-order valence-corrected chi connectivity index (χ0v) is 15.7. The van der Waals surface area contributed by atoms with E-state index in [-0.39, 0.29) is 29.4 Å². The molecule has 0 aromatic heterocycles. The molecule has 0 radical (unpaired) electrons. The van der Waals surface area contributed by atoms with Gasteiger partial charge in [0.1, 0.15) is 13.2 Å². The largest absolute Gasteiger partial charge is 0.486 e. The lowest BCUT2D eigenvalue weighted by Gasteiger charge is -2.29. The first kappa shape index (κ1) is 17.2. The predicted octanol–water partition coefficient (Wildman–Crippen LogP) is 2.24. The SMILES string of the molecule is CN1CCN=C1NCC(C)(C)c1ccc2c(c1)OCCO2.I. The van der Waals surface area contributed by atoms with Crippen LogP contribution in [0.4, 0.5) is 0 Å². The Hall–Kier alpha value is -1.18. The fourth-order valence-electron chi connectivity index (χ4n) is 2.59. The summed E-state index contributed by atoms with van der Waals surface area (Å²) in [5, 5.41) is 3.45. The van der Waals surface area contributed by atoms with Crippen molar-refractivity contribution in [1.29, 1.82) is 0 Å². The van der Waals surface area contributed by atoms with Crippen LogP contribution in [0.3, 0.4) is 0 Å². The number of hydrogen-bond donors (Lipinski definition) is 1. The third kappa shape index (κ3) is 3.59. The van der Waals surface area contributed by atoms with E-state index >= 15 is 0 Å². The first-order valence-corrected chi connectivity index (χ1v) is 7.46. The van der Waals surface area contributed by atoms with Crippen molar-refractivity contribution < 1.29 is 9.47 Å². The van der Waals surface area contributed by atoms with Gasteiger partial charge in [0.05, 0.1) is 6.54 Å². The van der Waals surface area contributed by atoms with Crippen molar-refractivity contribution in [2.24, 2.45) is 4.99 Å². The second kappa shape index (κ2) is 6.93. The molecule has 0 fully saturated rings. The summed E-state index contributed by atoms with van der Waals surface area (Å²) >= 11 is 0. The number of nitrogens with one attached hydrogen (secondary N) is 1. The molecule has 5 nitrogen and oxygen atoms in total. The van der Waals surface area contributed by atoms with Gasteiger partial charge in [-0.3, -0.25) is 4.99 Å². The van der Waals surface area contributed by atoms with Crippen LogP contribution >= 0.6 is 24.0 Å². The highest BCUT2D eigenvalue weighted by Crippen LogP contribution is 2.34. The zero-order chi connectivity index (χ0) is 14.9. The Balaban J connectivity index is 0.00000176. The summed E-state index contributed by atoms with van der Waals surface area (Å²) in [5.41, 5.74) is 1.22.